The van der Waals surface area contributed by atoms with E-state index in [1.54, 1.807) is 96.1 Å². The highest BCUT2D eigenvalue weighted by molar-refractivity contribution is 6.00. The maximum absolute atomic E-state index is 13.5. The van der Waals surface area contributed by atoms with Crippen molar-refractivity contribution in [3.8, 4) is 22.6 Å². The van der Waals surface area contributed by atoms with Crippen LogP contribution in [0.25, 0.3) is 11.1 Å². The maximum Gasteiger partial charge on any atom is 0.407 e. The number of amides is 2. The molecule has 0 unspecified atom stereocenters. The summed E-state index contributed by atoms with van der Waals surface area (Å²) in [5.74, 6) is -0.634. The van der Waals surface area contributed by atoms with E-state index in [1.165, 1.54) is 6.07 Å². The Kier molecular flexibility index (Phi) is 13.8. The first-order valence-electron chi connectivity index (χ1n) is 16.1. The van der Waals surface area contributed by atoms with Crippen LogP contribution in [0.15, 0.2) is 66.7 Å². The zero-order valence-electron chi connectivity index (χ0n) is 29.1. The number of esters is 1. The summed E-state index contributed by atoms with van der Waals surface area (Å²) < 4.78 is 28.2. The second kappa shape index (κ2) is 17.8. The molecule has 0 aliphatic rings. The number of hydrogen-bond acceptors (Lipinski definition) is 10. The van der Waals surface area contributed by atoms with Crippen LogP contribution in [0.3, 0.4) is 0 Å². The number of Topliss-reactive ketones (excluding diaryl/α,β-unsaturated/α-hetero) is 1. The molecule has 0 heterocycles. The normalized spacial score (nSPS) is 11.2. The second-order valence-electron chi connectivity index (χ2n) is 13.1. The van der Waals surface area contributed by atoms with E-state index in [1.807, 2.05) is 6.07 Å². The molecule has 3 aromatic carbocycles. The summed E-state index contributed by atoms with van der Waals surface area (Å²) in [5, 5.41) is 5.37. The Hall–Kier alpha value is -5.26. The number of benzene rings is 3. The quantitative estimate of drug-likeness (QED) is 0.0527. The Morgan fingerprint density at radius 3 is 1.82 bits per heavy atom. The third-order valence-corrected chi connectivity index (χ3v) is 6.42. The number of nitrogens with one attached hydrogen (secondary N) is 2. The van der Waals surface area contributed by atoms with Crippen molar-refractivity contribution in [1.82, 2.24) is 10.6 Å². The zero-order chi connectivity index (χ0) is 36.0. The van der Waals surface area contributed by atoms with Gasteiger partial charge in [0.1, 0.15) is 28.3 Å². The van der Waals surface area contributed by atoms with Crippen LogP contribution in [0.1, 0.15) is 75.1 Å². The summed E-state index contributed by atoms with van der Waals surface area (Å²) in [4.78, 5) is 50.2. The SMILES string of the molecule is CC(C)(C)OC(=O)NCCCOc1cc(-c2cccc(N)c2)c(OCCCNC(=O)OC(C)(C)C)cc1C(=O)OCC(=O)c1ccccc1. The van der Waals surface area contributed by atoms with Crippen molar-refractivity contribution in [3.63, 3.8) is 0 Å². The molecule has 12 nitrogen and oxygen atoms in total. The average molecular weight is 678 g/mol. The first-order chi connectivity index (χ1) is 23.1. The fourth-order valence-corrected chi connectivity index (χ4v) is 4.32. The van der Waals surface area contributed by atoms with Gasteiger partial charge in [-0.25, -0.2) is 14.4 Å². The van der Waals surface area contributed by atoms with E-state index < -0.39 is 36.0 Å². The monoisotopic (exact) mass is 677 g/mol. The van der Waals surface area contributed by atoms with E-state index in [4.69, 9.17) is 29.4 Å². The van der Waals surface area contributed by atoms with Gasteiger partial charge in [-0.1, -0.05) is 42.5 Å². The first kappa shape index (κ1) is 38.2. The van der Waals surface area contributed by atoms with Crippen LogP contribution in [-0.2, 0) is 14.2 Å². The summed E-state index contributed by atoms with van der Waals surface area (Å²) in [6.45, 7) is 11.0. The van der Waals surface area contributed by atoms with E-state index in [0.29, 0.717) is 41.0 Å². The lowest BCUT2D eigenvalue weighted by Gasteiger charge is -2.20. The smallest absolute Gasteiger partial charge is 0.407 e. The molecule has 0 aliphatic carbocycles. The van der Waals surface area contributed by atoms with Gasteiger partial charge in [0.05, 0.1) is 13.2 Å². The predicted octanol–water partition coefficient (Wildman–Crippen LogP) is 6.56. The zero-order valence-corrected chi connectivity index (χ0v) is 29.1. The highest BCUT2D eigenvalue weighted by atomic mass is 16.6. The number of nitrogen functional groups attached to an aromatic ring is 1. The molecule has 0 saturated carbocycles. The second-order valence-corrected chi connectivity index (χ2v) is 13.1. The van der Waals surface area contributed by atoms with Gasteiger partial charge in [-0.2, -0.15) is 0 Å². The molecule has 264 valence electrons. The molecule has 0 aromatic heterocycles. The minimum Gasteiger partial charge on any atom is -0.493 e. The van der Waals surface area contributed by atoms with Crippen LogP contribution in [0.4, 0.5) is 15.3 Å². The van der Waals surface area contributed by atoms with Gasteiger partial charge in [-0.15, -0.1) is 0 Å². The van der Waals surface area contributed by atoms with E-state index in [9.17, 15) is 19.2 Å². The van der Waals surface area contributed by atoms with Crippen LogP contribution in [-0.4, -0.2) is 68.1 Å². The Labute approximate surface area is 287 Å². The molecule has 0 atom stereocenters. The van der Waals surface area contributed by atoms with Gasteiger partial charge >= 0.3 is 18.2 Å². The maximum atomic E-state index is 13.5. The Morgan fingerprint density at radius 2 is 1.27 bits per heavy atom. The minimum absolute atomic E-state index is 0.0375. The largest absolute Gasteiger partial charge is 0.493 e. The molecule has 0 fully saturated rings. The topological polar surface area (TPSA) is 165 Å². The van der Waals surface area contributed by atoms with Crippen LogP contribution in [0, 0.1) is 0 Å². The summed E-state index contributed by atoms with van der Waals surface area (Å²) >= 11 is 0. The predicted molar refractivity (Wildman–Crippen MR) is 186 cm³/mol. The lowest BCUT2D eigenvalue weighted by Crippen LogP contribution is -2.33. The molecule has 3 aromatic rings. The van der Waals surface area contributed by atoms with E-state index in [-0.39, 0.29) is 43.4 Å². The molecule has 3 rings (SSSR count). The lowest BCUT2D eigenvalue weighted by molar-refractivity contribution is 0.0469. The molecule has 0 saturated heterocycles. The molecule has 2 amide bonds. The van der Waals surface area contributed by atoms with Crippen molar-refractivity contribution in [2.24, 2.45) is 0 Å². The number of anilines is 1. The first-order valence-corrected chi connectivity index (χ1v) is 16.1. The summed E-state index contributed by atoms with van der Waals surface area (Å²) in [6, 6.07) is 18.8. The number of hydrogen-bond donors (Lipinski definition) is 3. The van der Waals surface area contributed by atoms with E-state index in [2.05, 4.69) is 10.6 Å². The van der Waals surface area contributed by atoms with Crippen molar-refractivity contribution in [2.75, 3.05) is 38.6 Å². The van der Waals surface area contributed by atoms with E-state index >= 15 is 0 Å². The highest BCUT2D eigenvalue weighted by Gasteiger charge is 2.22. The highest BCUT2D eigenvalue weighted by Crippen LogP contribution is 2.38. The van der Waals surface area contributed by atoms with Gasteiger partial charge in [0.15, 0.2) is 12.4 Å². The fourth-order valence-electron chi connectivity index (χ4n) is 4.32. The third kappa shape index (κ3) is 13.8. The van der Waals surface area contributed by atoms with Crippen LogP contribution in [0.5, 0.6) is 11.5 Å². The molecule has 0 spiro atoms. The van der Waals surface area contributed by atoms with Crippen molar-refractivity contribution >= 4 is 29.6 Å². The third-order valence-electron chi connectivity index (χ3n) is 6.42. The summed E-state index contributed by atoms with van der Waals surface area (Å²) in [6.07, 6.45) is -0.252. The molecular formula is C37H47N3O9. The van der Waals surface area contributed by atoms with E-state index in [0.717, 1.165) is 0 Å². The Morgan fingerprint density at radius 1 is 0.694 bits per heavy atom. The van der Waals surface area contributed by atoms with Gasteiger partial charge in [-0.05, 0) is 84.2 Å². The van der Waals surface area contributed by atoms with Crippen LogP contribution in [0.2, 0.25) is 0 Å². The molecular weight excluding hydrogens is 630 g/mol. The van der Waals surface area contributed by atoms with Crippen molar-refractivity contribution in [2.45, 2.75) is 65.6 Å². The number of rotatable bonds is 15. The number of alkyl carbamates (subject to hydrolysis) is 2. The van der Waals surface area contributed by atoms with Gasteiger partial charge in [0, 0.05) is 29.9 Å². The number of carbonyl (C=O) groups is 4. The number of ketones is 1. The molecule has 0 radical (unpaired) electrons. The van der Waals surface area contributed by atoms with Gasteiger partial charge in [0.2, 0.25) is 0 Å². The molecule has 4 N–H and O–H groups in total. The number of ether oxygens (including phenoxy) is 5. The molecule has 0 bridgehead atoms. The standard InChI is InChI=1S/C37H47N3O9/c1-36(2,3)48-34(43)39-17-11-19-45-31-23-29(33(42)47-24-30(41)25-13-8-7-9-14-25)32(22-28(31)26-15-10-16-27(38)21-26)46-20-12-18-40-35(44)49-37(4,5)6/h7-10,13-16,21-23H,11-12,17-20,24,38H2,1-6H3,(H,39,43)(H,40,44). The average Bonchev–Trinajstić information content (AvgIpc) is 3.02. The fraction of sp³-hybridized carbons (Fsp3) is 0.405. The van der Waals surface area contributed by atoms with Crippen molar-refractivity contribution in [3.05, 3.63) is 77.9 Å². The van der Waals surface area contributed by atoms with Crippen molar-refractivity contribution in [1.29, 1.82) is 0 Å². The Balaban J connectivity index is 1.83. The number of nitrogens with two attached hydrogens (primary N) is 1. The summed E-state index contributed by atoms with van der Waals surface area (Å²) in [7, 11) is 0. The number of carbonyl (C=O) groups excluding carboxylic acids is 4. The van der Waals surface area contributed by atoms with Gasteiger partial charge < -0.3 is 40.1 Å². The molecule has 12 heteroatoms. The van der Waals surface area contributed by atoms with Crippen LogP contribution >= 0.6 is 0 Å². The van der Waals surface area contributed by atoms with Crippen molar-refractivity contribution < 1.29 is 42.9 Å². The van der Waals surface area contributed by atoms with Gasteiger partial charge in [0.25, 0.3) is 0 Å². The molecule has 49 heavy (non-hydrogen) atoms. The Bertz CT molecular complexity index is 1580. The minimum atomic E-state index is -0.790. The summed E-state index contributed by atoms with van der Waals surface area (Å²) in [5.41, 5.74) is 7.09. The van der Waals surface area contributed by atoms with Crippen LogP contribution < -0.4 is 25.8 Å². The van der Waals surface area contributed by atoms with Gasteiger partial charge in [-0.3, -0.25) is 4.79 Å². The lowest BCUT2D eigenvalue weighted by atomic mass is 10.0. The molecule has 0 aliphatic heterocycles.